The van der Waals surface area contributed by atoms with Crippen molar-refractivity contribution in [2.45, 2.75) is 303 Å². The molecule has 0 radical (unpaired) electrons. The monoisotopic (exact) mass is 970 g/mol. The normalized spacial score (nSPS) is 13.8. The van der Waals surface area contributed by atoms with E-state index in [2.05, 4.69) is 26.1 Å². The molecule has 3 unspecified atom stereocenters. The summed E-state index contributed by atoms with van der Waals surface area (Å²) in [6.07, 6.45) is 53.5. The fourth-order valence-corrected chi connectivity index (χ4v) is 9.44. The third kappa shape index (κ3) is 49.5. The fraction of sp³-hybridized carbons (Fsp3) is 0.930. The van der Waals surface area contributed by atoms with Crippen LogP contribution in [0.15, 0.2) is 12.2 Å². The van der Waals surface area contributed by atoms with E-state index >= 15 is 0 Å². The van der Waals surface area contributed by atoms with Crippen molar-refractivity contribution in [3.8, 4) is 0 Å². The summed E-state index contributed by atoms with van der Waals surface area (Å²) in [5.41, 5.74) is 0. The predicted molar refractivity (Wildman–Crippen MR) is 287 cm³/mol. The summed E-state index contributed by atoms with van der Waals surface area (Å²) in [5.74, 6) is -0.490. The second-order valence-corrected chi connectivity index (χ2v) is 22.6. The average Bonchev–Trinajstić information content (AvgIpc) is 3.28. The first kappa shape index (κ1) is 65.8. The third-order valence-corrected chi connectivity index (χ3v) is 14.2. The molecule has 0 aliphatic heterocycles. The zero-order valence-electron chi connectivity index (χ0n) is 45.4. The van der Waals surface area contributed by atoms with Crippen LogP contribution in [0.25, 0.3) is 0 Å². The summed E-state index contributed by atoms with van der Waals surface area (Å²) in [5, 5.41) is 3.05. The number of rotatable bonds is 53. The number of likely N-dealkylation sites (N-methyl/N-ethyl adjacent to an activating group) is 1. The van der Waals surface area contributed by atoms with E-state index in [1.54, 1.807) is 0 Å². The van der Waals surface area contributed by atoms with Crippen LogP contribution in [-0.4, -0.2) is 74.3 Å². The van der Waals surface area contributed by atoms with Crippen molar-refractivity contribution in [3.05, 3.63) is 12.2 Å². The van der Waals surface area contributed by atoms with Gasteiger partial charge in [-0.3, -0.25) is 18.6 Å². The maximum atomic E-state index is 13.5. The zero-order chi connectivity index (χ0) is 49.4. The number of phosphoric ester groups is 1. The molecule has 1 amide bonds. The van der Waals surface area contributed by atoms with Crippen LogP contribution in [0.5, 0.6) is 0 Å². The van der Waals surface area contributed by atoms with Crippen molar-refractivity contribution in [1.82, 2.24) is 5.32 Å². The van der Waals surface area contributed by atoms with Gasteiger partial charge in [-0.15, -0.1) is 0 Å². The standard InChI is InChI=1S/C57H113N2O7P/c1-7-10-13-16-19-22-25-26-27-28-29-30-31-32-35-37-40-43-46-49-56(60)58-54(53-65-67(62,63)64-52-51-59(4,5)6)55(48-45-42-39-36-33-23-20-17-14-11-8-2)66-57(61)50-47-44-41-38-34-24-21-18-15-12-9-3/h45,48,54-55H,7-44,46-47,49-53H2,1-6H3,(H-,58,60,62,63)/p+1/b48-45+. The van der Waals surface area contributed by atoms with Gasteiger partial charge in [0.15, 0.2) is 0 Å². The van der Waals surface area contributed by atoms with Crippen molar-refractivity contribution >= 4 is 19.7 Å². The largest absolute Gasteiger partial charge is 0.472 e. The van der Waals surface area contributed by atoms with Crippen molar-refractivity contribution in [2.75, 3.05) is 40.9 Å². The molecule has 398 valence electrons. The van der Waals surface area contributed by atoms with Gasteiger partial charge in [-0.1, -0.05) is 258 Å². The molecule has 0 saturated heterocycles. The van der Waals surface area contributed by atoms with Crippen molar-refractivity contribution in [1.29, 1.82) is 0 Å². The number of allylic oxidation sites excluding steroid dienone is 1. The van der Waals surface area contributed by atoms with E-state index in [1.165, 1.54) is 199 Å². The van der Waals surface area contributed by atoms with E-state index in [1.807, 2.05) is 33.3 Å². The number of quaternary nitrogens is 1. The topological polar surface area (TPSA) is 111 Å². The number of carbonyl (C=O) groups excluding carboxylic acids is 2. The number of ether oxygens (including phenoxy) is 1. The van der Waals surface area contributed by atoms with Crippen LogP contribution in [0, 0.1) is 0 Å². The Kier molecular flexibility index (Phi) is 47.5. The number of hydrogen-bond acceptors (Lipinski definition) is 6. The molecule has 0 aliphatic carbocycles. The molecular weight excluding hydrogens is 856 g/mol. The summed E-state index contributed by atoms with van der Waals surface area (Å²) in [7, 11) is 1.51. The van der Waals surface area contributed by atoms with Gasteiger partial charge in [-0.25, -0.2) is 4.57 Å². The molecule has 67 heavy (non-hydrogen) atoms. The lowest BCUT2D eigenvalue weighted by molar-refractivity contribution is -0.870. The molecule has 10 heteroatoms. The molecule has 0 aliphatic rings. The predicted octanol–water partition coefficient (Wildman–Crippen LogP) is 17.2. The maximum absolute atomic E-state index is 13.5. The summed E-state index contributed by atoms with van der Waals surface area (Å²) in [6.45, 7) is 7.03. The second kappa shape index (κ2) is 48.4. The van der Waals surface area contributed by atoms with E-state index in [4.69, 9.17) is 13.8 Å². The lowest BCUT2D eigenvalue weighted by Crippen LogP contribution is -2.47. The minimum Gasteiger partial charge on any atom is -0.456 e. The average molecular weight is 971 g/mol. The van der Waals surface area contributed by atoms with E-state index < -0.39 is 20.0 Å². The Bertz CT molecular complexity index is 1160. The molecule has 0 rings (SSSR count). The summed E-state index contributed by atoms with van der Waals surface area (Å²) in [6, 6.07) is -0.837. The SMILES string of the molecule is CCCCCCCCCCC/C=C/C(OC(=O)CCCCCCCCCCCCC)C(COP(=O)(O)OCC[N+](C)(C)C)NC(=O)CCCCCCCCCCCCCCCCCCCCC. The molecule has 0 heterocycles. The van der Waals surface area contributed by atoms with E-state index in [-0.39, 0.29) is 25.1 Å². The molecule has 0 saturated carbocycles. The van der Waals surface area contributed by atoms with Crippen LogP contribution in [0.3, 0.4) is 0 Å². The molecule has 9 nitrogen and oxygen atoms in total. The number of nitrogens with one attached hydrogen (secondary N) is 1. The number of hydrogen-bond donors (Lipinski definition) is 2. The van der Waals surface area contributed by atoms with Gasteiger partial charge < -0.3 is 19.4 Å². The molecule has 0 spiro atoms. The second-order valence-electron chi connectivity index (χ2n) is 21.2. The highest BCUT2D eigenvalue weighted by Crippen LogP contribution is 2.43. The highest BCUT2D eigenvalue weighted by Gasteiger charge is 2.30. The van der Waals surface area contributed by atoms with E-state index in [9.17, 15) is 19.0 Å². The Labute approximate surface area is 416 Å². The first-order valence-corrected chi connectivity index (χ1v) is 30.5. The van der Waals surface area contributed by atoms with E-state index in [0.29, 0.717) is 23.9 Å². The van der Waals surface area contributed by atoms with Crippen LogP contribution in [0.4, 0.5) is 0 Å². The molecule has 0 aromatic heterocycles. The Balaban J connectivity index is 5.19. The van der Waals surface area contributed by atoms with Gasteiger partial charge in [0.1, 0.15) is 19.3 Å². The lowest BCUT2D eigenvalue weighted by atomic mass is 10.0. The molecule has 3 atom stereocenters. The van der Waals surface area contributed by atoms with E-state index in [0.717, 1.165) is 57.8 Å². The summed E-state index contributed by atoms with van der Waals surface area (Å²) >= 11 is 0. The Hall–Kier alpha value is -1.25. The van der Waals surface area contributed by atoms with Crippen molar-refractivity contribution in [2.24, 2.45) is 0 Å². The number of carbonyl (C=O) groups is 2. The smallest absolute Gasteiger partial charge is 0.456 e. The van der Waals surface area contributed by atoms with Crippen LogP contribution >= 0.6 is 7.82 Å². The summed E-state index contributed by atoms with van der Waals surface area (Å²) in [4.78, 5) is 37.5. The minimum absolute atomic E-state index is 0.0454. The number of amides is 1. The van der Waals surface area contributed by atoms with Gasteiger partial charge in [0, 0.05) is 12.8 Å². The van der Waals surface area contributed by atoms with Gasteiger partial charge in [-0.05, 0) is 31.8 Å². The molecule has 0 aromatic carbocycles. The Morgan fingerprint density at radius 2 is 0.851 bits per heavy atom. The lowest BCUT2D eigenvalue weighted by Gasteiger charge is -2.27. The first-order valence-electron chi connectivity index (χ1n) is 29.0. The van der Waals surface area contributed by atoms with Crippen LogP contribution in [-0.2, 0) is 27.9 Å². The first-order chi connectivity index (χ1) is 32.4. The number of esters is 1. The number of nitrogens with zero attached hydrogens (tertiary/aromatic N) is 1. The number of phosphoric acid groups is 1. The van der Waals surface area contributed by atoms with Gasteiger partial charge in [-0.2, -0.15) is 0 Å². The van der Waals surface area contributed by atoms with Gasteiger partial charge in [0.2, 0.25) is 5.91 Å². The Morgan fingerprint density at radius 1 is 0.507 bits per heavy atom. The summed E-state index contributed by atoms with van der Waals surface area (Å²) < 4.78 is 30.6. The third-order valence-electron chi connectivity index (χ3n) is 13.2. The molecule has 2 N–H and O–H groups in total. The highest BCUT2D eigenvalue weighted by molar-refractivity contribution is 7.47. The zero-order valence-corrected chi connectivity index (χ0v) is 46.3. The fourth-order valence-electron chi connectivity index (χ4n) is 8.71. The minimum atomic E-state index is -4.43. The van der Waals surface area contributed by atoms with Crippen LogP contribution < -0.4 is 5.32 Å². The molecule has 0 bridgehead atoms. The number of unbranched alkanes of at least 4 members (excludes halogenated alkanes) is 37. The maximum Gasteiger partial charge on any atom is 0.472 e. The van der Waals surface area contributed by atoms with Gasteiger partial charge in [0.25, 0.3) is 0 Å². The molecular formula is C57H114N2O7P+. The van der Waals surface area contributed by atoms with Gasteiger partial charge in [0.05, 0.1) is 33.8 Å². The molecule has 0 fully saturated rings. The van der Waals surface area contributed by atoms with Crippen molar-refractivity contribution < 1.29 is 37.3 Å². The van der Waals surface area contributed by atoms with Gasteiger partial charge >= 0.3 is 13.8 Å². The Morgan fingerprint density at radius 3 is 1.22 bits per heavy atom. The van der Waals surface area contributed by atoms with Crippen LogP contribution in [0.2, 0.25) is 0 Å². The highest BCUT2D eigenvalue weighted by atomic mass is 31.2. The molecule has 0 aromatic rings. The van der Waals surface area contributed by atoms with Crippen LogP contribution in [0.1, 0.15) is 290 Å². The van der Waals surface area contributed by atoms with Crippen molar-refractivity contribution in [3.63, 3.8) is 0 Å². The quantitative estimate of drug-likeness (QED) is 0.0205.